The molecule has 0 aliphatic carbocycles. The predicted octanol–water partition coefficient (Wildman–Crippen LogP) is 5.51. The van der Waals surface area contributed by atoms with Crippen molar-refractivity contribution < 1.29 is 4.39 Å². The van der Waals surface area contributed by atoms with Gasteiger partial charge in [-0.25, -0.2) is 4.39 Å². The van der Waals surface area contributed by atoms with Crippen molar-refractivity contribution in [2.24, 2.45) is 0 Å². The molecular weight excluding hydrogens is 340 g/mol. The summed E-state index contributed by atoms with van der Waals surface area (Å²) in [6.07, 6.45) is 0. The van der Waals surface area contributed by atoms with Gasteiger partial charge in [-0.1, -0.05) is 39.1 Å². The maximum absolute atomic E-state index is 13.1. The third kappa shape index (κ3) is 3.61. The quantitative estimate of drug-likeness (QED) is 0.771. The zero-order valence-corrected chi connectivity index (χ0v) is 12.3. The third-order valence-electron chi connectivity index (χ3n) is 2.35. The fourth-order valence-corrected chi connectivity index (χ4v) is 2.34. The highest BCUT2D eigenvalue weighted by Gasteiger charge is 2.03. The monoisotopic (exact) mass is 347 g/mol. The molecule has 0 heterocycles. The second-order valence-electron chi connectivity index (χ2n) is 3.75. The molecule has 1 nitrogen and oxygen atoms in total. The van der Waals surface area contributed by atoms with Gasteiger partial charge in [0.1, 0.15) is 5.82 Å². The van der Waals surface area contributed by atoms with Crippen molar-refractivity contribution in [3.05, 3.63) is 62.3 Å². The van der Waals surface area contributed by atoms with Gasteiger partial charge >= 0.3 is 0 Å². The molecule has 0 aromatic heterocycles. The van der Waals surface area contributed by atoms with Crippen LogP contribution in [0.1, 0.15) is 5.56 Å². The number of anilines is 1. The number of nitrogens with one attached hydrogen (secondary N) is 1. The van der Waals surface area contributed by atoms with Crippen LogP contribution in [0.25, 0.3) is 0 Å². The van der Waals surface area contributed by atoms with E-state index in [1.165, 1.54) is 12.1 Å². The summed E-state index contributed by atoms with van der Waals surface area (Å²) in [5, 5.41) is 4.12. The molecule has 18 heavy (non-hydrogen) atoms. The van der Waals surface area contributed by atoms with Crippen molar-refractivity contribution >= 4 is 44.8 Å². The molecule has 0 amide bonds. The first-order chi connectivity index (χ1) is 8.54. The van der Waals surface area contributed by atoms with E-state index in [4.69, 9.17) is 23.2 Å². The number of hydrogen-bond donors (Lipinski definition) is 1. The van der Waals surface area contributed by atoms with Gasteiger partial charge in [0.2, 0.25) is 0 Å². The lowest BCUT2D eigenvalue weighted by atomic mass is 10.2. The van der Waals surface area contributed by atoms with E-state index in [9.17, 15) is 4.39 Å². The second-order valence-corrected chi connectivity index (χ2v) is 5.47. The van der Waals surface area contributed by atoms with E-state index in [2.05, 4.69) is 21.2 Å². The molecule has 0 spiro atoms. The average molecular weight is 349 g/mol. The Morgan fingerprint density at radius 1 is 1.06 bits per heavy atom. The Balaban J connectivity index is 2.13. The van der Waals surface area contributed by atoms with Crippen LogP contribution in [-0.4, -0.2) is 0 Å². The zero-order chi connectivity index (χ0) is 13.1. The summed E-state index contributed by atoms with van der Waals surface area (Å²) in [6, 6.07) is 9.85. The van der Waals surface area contributed by atoms with Crippen LogP contribution in [0, 0.1) is 5.82 Å². The van der Waals surface area contributed by atoms with Gasteiger partial charge in [0, 0.05) is 26.8 Å². The number of benzene rings is 2. The zero-order valence-electron chi connectivity index (χ0n) is 9.18. The molecule has 0 aliphatic heterocycles. The molecule has 2 rings (SSSR count). The van der Waals surface area contributed by atoms with Gasteiger partial charge < -0.3 is 5.32 Å². The molecule has 0 fully saturated rings. The van der Waals surface area contributed by atoms with E-state index in [0.29, 0.717) is 22.3 Å². The molecular formula is C13H9BrCl2FN. The van der Waals surface area contributed by atoms with Crippen molar-refractivity contribution in [3.8, 4) is 0 Å². The van der Waals surface area contributed by atoms with Gasteiger partial charge in [-0.05, 0) is 42.0 Å². The maximum atomic E-state index is 13.1. The van der Waals surface area contributed by atoms with E-state index in [0.717, 1.165) is 10.0 Å². The first kappa shape index (κ1) is 13.7. The Morgan fingerprint density at radius 2 is 1.83 bits per heavy atom. The maximum Gasteiger partial charge on any atom is 0.126 e. The number of halogens is 4. The lowest BCUT2D eigenvalue weighted by Crippen LogP contribution is -2.00. The first-order valence-electron chi connectivity index (χ1n) is 5.18. The molecule has 5 heteroatoms. The molecule has 1 N–H and O–H groups in total. The summed E-state index contributed by atoms with van der Waals surface area (Å²) in [5.74, 6) is -0.366. The predicted molar refractivity (Wildman–Crippen MR) is 77.9 cm³/mol. The summed E-state index contributed by atoms with van der Waals surface area (Å²) in [4.78, 5) is 0. The fraction of sp³-hybridized carbons (Fsp3) is 0.0769. The van der Waals surface area contributed by atoms with Gasteiger partial charge in [0.05, 0.1) is 0 Å². The van der Waals surface area contributed by atoms with Crippen LogP contribution in [0.15, 0.2) is 40.9 Å². The van der Waals surface area contributed by atoms with Crippen molar-refractivity contribution in [2.75, 3.05) is 5.32 Å². The van der Waals surface area contributed by atoms with E-state index < -0.39 is 0 Å². The number of hydrogen-bond acceptors (Lipinski definition) is 1. The van der Waals surface area contributed by atoms with Crippen LogP contribution < -0.4 is 5.32 Å². The van der Waals surface area contributed by atoms with Gasteiger partial charge in [0.25, 0.3) is 0 Å². The molecule has 0 atom stereocenters. The lowest BCUT2D eigenvalue weighted by molar-refractivity contribution is 0.628. The molecule has 94 valence electrons. The first-order valence-corrected chi connectivity index (χ1v) is 6.73. The van der Waals surface area contributed by atoms with Gasteiger partial charge in [-0.15, -0.1) is 0 Å². The van der Waals surface area contributed by atoms with Crippen molar-refractivity contribution in [1.29, 1.82) is 0 Å². The third-order valence-corrected chi connectivity index (χ3v) is 3.58. The lowest BCUT2D eigenvalue weighted by Gasteiger charge is -2.09. The van der Waals surface area contributed by atoms with Crippen molar-refractivity contribution in [3.63, 3.8) is 0 Å². The molecule has 0 saturated heterocycles. The summed E-state index contributed by atoms with van der Waals surface area (Å²) >= 11 is 15.1. The molecule has 0 aliphatic rings. The highest BCUT2D eigenvalue weighted by atomic mass is 79.9. The number of rotatable bonds is 3. The van der Waals surface area contributed by atoms with E-state index in [-0.39, 0.29) is 5.82 Å². The molecule has 2 aromatic carbocycles. The minimum atomic E-state index is -0.366. The van der Waals surface area contributed by atoms with Crippen LogP contribution in [-0.2, 0) is 6.54 Å². The van der Waals surface area contributed by atoms with Gasteiger partial charge in [-0.2, -0.15) is 0 Å². The molecule has 0 unspecified atom stereocenters. The molecule has 2 aromatic rings. The normalized spacial score (nSPS) is 10.4. The highest BCUT2D eigenvalue weighted by Crippen LogP contribution is 2.23. The van der Waals surface area contributed by atoms with Gasteiger partial charge in [-0.3, -0.25) is 0 Å². The van der Waals surface area contributed by atoms with Crippen LogP contribution in [0.5, 0.6) is 0 Å². The van der Waals surface area contributed by atoms with Crippen LogP contribution in [0.3, 0.4) is 0 Å². The van der Waals surface area contributed by atoms with Crippen molar-refractivity contribution in [2.45, 2.75) is 6.54 Å². The fourth-order valence-electron chi connectivity index (χ4n) is 1.53. The Hall–Kier alpha value is -0.770. The Kier molecular flexibility index (Phi) is 4.49. The largest absolute Gasteiger partial charge is 0.381 e. The minimum absolute atomic E-state index is 0.364. The highest BCUT2D eigenvalue weighted by molar-refractivity contribution is 9.10. The van der Waals surface area contributed by atoms with Crippen molar-refractivity contribution in [1.82, 2.24) is 0 Å². The molecule has 0 saturated carbocycles. The Morgan fingerprint density at radius 3 is 2.56 bits per heavy atom. The summed E-state index contributed by atoms with van der Waals surface area (Å²) < 4.78 is 14.1. The second kappa shape index (κ2) is 5.91. The van der Waals surface area contributed by atoms with E-state index in [1.54, 1.807) is 12.1 Å². The Bertz CT molecular complexity index is 555. The van der Waals surface area contributed by atoms with Gasteiger partial charge in [0.15, 0.2) is 0 Å². The van der Waals surface area contributed by atoms with Crippen LogP contribution in [0.4, 0.5) is 10.1 Å². The SMILES string of the molecule is Fc1cc(Cl)cc(NCc2cc(Cl)ccc2Br)c1. The van der Waals surface area contributed by atoms with E-state index in [1.807, 2.05) is 12.1 Å². The standard InChI is InChI=1S/C13H9BrCl2FN/c14-13-2-1-9(15)3-8(13)7-18-12-5-10(16)4-11(17)6-12/h1-6,18H,7H2. The van der Waals surface area contributed by atoms with Crippen LogP contribution in [0.2, 0.25) is 10.0 Å². The topological polar surface area (TPSA) is 12.0 Å². The average Bonchev–Trinajstić information content (AvgIpc) is 2.29. The minimum Gasteiger partial charge on any atom is -0.381 e. The van der Waals surface area contributed by atoms with E-state index >= 15 is 0 Å². The smallest absolute Gasteiger partial charge is 0.126 e. The van der Waals surface area contributed by atoms with Crippen LogP contribution >= 0.6 is 39.1 Å². The molecule has 0 bridgehead atoms. The molecule has 0 radical (unpaired) electrons. The summed E-state index contributed by atoms with van der Waals surface area (Å²) in [7, 11) is 0. The summed E-state index contributed by atoms with van der Waals surface area (Å²) in [6.45, 7) is 0.529. The Labute approximate surface area is 123 Å². The summed E-state index contributed by atoms with van der Waals surface area (Å²) in [5.41, 5.74) is 1.62.